The quantitative estimate of drug-likeness (QED) is 0.300. The van der Waals surface area contributed by atoms with Crippen LogP contribution >= 0.6 is 0 Å². The van der Waals surface area contributed by atoms with Gasteiger partial charge in [0.15, 0.2) is 0 Å². The van der Waals surface area contributed by atoms with Gasteiger partial charge in [-0.2, -0.15) is 4.31 Å². The van der Waals surface area contributed by atoms with Crippen LogP contribution < -0.4 is 10.1 Å². The lowest BCUT2D eigenvalue weighted by Crippen LogP contribution is -2.49. The molecule has 0 aromatic heterocycles. The van der Waals surface area contributed by atoms with Gasteiger partial charge >= 0.3 is 0 Å². The lowest BCUT2D eigenvalue weighted by Gasteiger charge is -2.33. The Balaban J connectivity index is 1.64. The fourth-order valence-corrected chi connectivity index (χ4v) is 5.67. The van der Waals surface area contributed by atoms with Gasteiger partial charge in [-0.3, -0.25) is 14.5 Å². The van der Waals surface area contributed by atoms with Gasteiger partial charge in [0.05, 0.1) is 33.1 Å². The zero-order valence-corrected chi connectivity index (χ0v) is 25.5. The third kappa shape index (κ3) is 9.62. The summed E-state index contributed by atoms with van der Waals surface area (Å²) in [4.78, 5) is 31.7. The van der Waals surface area contributed by atoms with E-state index < -0.39 is 28.5 Å². The van der Waals surface area contributed by atoms with Crippen LogP contribution in [0, 0.1) is 0 Å². The number of hydrogen-bond donors (Lipinski definition) is 1. The van der Waals surface area contributed by atoms with Crippen molar-refractivity contribution in [2.45, 2.75) is 19.1 Å². The largest absolute Gasteiger partial charge is 0.497 e. The summed E-state index contributed by atoms with van der Waals surface area (Å²) in [6, 6.07) is 24.4. The maximum absolute atomic E-state index is 14.2. The number of hydrogen-bond acceptors (Lipinski definition) is 7. The molecular formula is C32H40N4O6S. The van der Waals surface area contributed by atoms with Crippen LogP contribution in [0.4, 0.5) is 0 Å². The molecule has 1 aliphatic heterocycles. The third-order valence-corrected chi connectivity index (χ3v) is 8.52. The minimum Gasteiger partial charge on any atom is -0.497 e. The van der Waals surface area contributed by atoms with E-state index in [1.807, 2.05) is 60.7 Å². The Hall–Kier alpha value is -3.77. The molecule has 0 radical (unpaired) electrons. The van der Waals surface area contributed by atoms with Gasteiger partial charge in [0.1, 0.15) is 11.8 Å². The molecular weight excluding hydrogens is 568 g/mol. The average Bonchev–Trinajstić information content (AvgIpc) is 3.02. The normalized spacial score (nSPS) is 14.7. The van der Waals surface area contributed by atoms with E-state index in [0.29, 0.717) is 37.6 Å². The molecule has 11 heteroatoms. The number of carbonyl (C=O) groups excluding carboxylic acids is 2. The van der Waals surface area contributed by atoms with Crippen LogP contribution in [0.1, 0.15) is 22.7 Å². The first-order valence-corrected chi connectivity index (χ1v) is 16.1. The minimum atomic E-state index is -3.76. The molecule has 0 bridgehead atoms. The maximum atomic E-state index is 14.2. The molecule has 10 nitrogen and oxygen atoms in total. The average molecular weight is 609 g/mol. The second kappa shape index (κ2) is 15.6. The zero-order valence-electron chi connectivity index (χ0n) is 24.7. The number of morpholine rings is 1. The van der Waals surface area contributed by atoms with E-state index in [1.165, 1.54) is 4.90 Å². The first kappa shape index (κ1) is 32.2. The molecule has 43 heavy (non-hydrogen) atoms. The fraction of sp³-hybridized carbons (Fsp3) is 0.375. The highest BCUT2D eigenvalue weighted by Crippen LogP contribution is 2.25. The van der Waals surface area contributed by atoms with Gasteiger partial charge in [0, 0.05) is 39.3 Å². The molecule has 3 aromatic carbocycles. The predicted octanol–water partition coefficient (Wildman–Crippen LogP) is 2.68. The fourth-order valence-electron chi connectivity index (χ4n) is 4.94. The zero-order chi connectivity index (χ0) is 30.7. The van der Waals surface area contributed by atoms with Crippen molar-refractivity contribution in [3.8, 4) is 5.75 Å². The summed E-state index contributed by atoms with van der Waals surface area (Å²) in [7, 11) is -2.18. The topological polar surface area (TPSA) is 108 Å². The van der Waals surface area contributed by atoms with Crippen LogP contribution in [0.3, 0.4) is 0 Å². The first-order chi connectivity index (χ1) is 20.7. The molecule has 2 amide bonds. The Kier molecular flexibility index (Phi) is 11.7. The van der Waals surface area contributed by atoms with Crippen LogP contribution in [0.2, 0.25) is 0 Å². The number of carbonyl (C=O) groups is 2. The Morgan fingerprint density at radius 1 is 0.907 bits per heavy atom. The highest BCUT2D eigenvalue weighted by molar-refractivity contribution is 7.88. The van der Waals surface area contributed by atoms with Gasteiger partial charge in [-0.25, -0.2) is 8.42 Å². The smallest absolute Gasteiger partial charge is 0.247 e. The SMILES string of the molecule is COc1ccc(CN(C(=O)CN(Cc2ccccc2)S(C)(=O)=O)[C@H](C(=O)NCCN2CCOCC2)c2ccccc2)cc1. The van der Waals surface area contributed by atoms with Crippen molar-refractivity contribution < 1.29 is 27.5 Å². The van der Waals surface area contributed by atoms with Gasteiger partial charge < -0.3 is 19.7 Å². The molecule has 1 heterocycles. The molecule has 230 valence electrons. The van der Waals surface area contributed by atoms with E-state index in [1.54, 1.807) is 31.4 Å². The molecule has 3 aromatic rings. The summed E-state index contributed by atoms with van der Waals surface area (Å²) >= 11 is 0. The van der Waals surface area contributed by atoms with Gasteiger partial charge in [-0.15, -0.1) is 0 Å². The van der Waals surface area contributed by atoms with Crippen LogP contribution in [0.5, 0.6) is 5.75 Å². The molecule has 0 unspecified atom stereocenters. The van der Waals surface area contributed by atoms with Gasteiger partial charge in [-0.05, 0) is 28.8 Å². The maximum Gasteiger partial charge on any atom is 0.247 e. The Morgan fingerprint density at radius 2 is 1.51 bits per heavy atom. The number of amides is 2. The molecule has 0 spiro atoms. The van der Waals surface area contributed by atoms with Crippen molar-refractivity contribution in [2.24, 2.45) is 0 Å². The standard InChI is InChI=1S/C32H40N4O6S/c1-41-29-15-13-27(14-16-29)24-36(30(37)25-35(43(2,39)40)23-26-9-5-3-6-10-26)31(28-11-7-4-8-12-28)32(38)33-17-18-34-19-21-42-22-20-34/h3-16,31H,17-25H2,1-2H3,(H,33,38)/t31-/m0/s1. The minimum absolute atomic E-state index is 0.0313. The molecule has 0 aliphatic carbocycles. The number of sulfonamides is 1. The molecule has 0 saturated carbocycles. The summed E-state index contributed by atoms with van der Waals surface area (Å²) < 4.78 is 37.5. The lowest BCUT2D eigenvalue weighted by atomic mass is 10.0. The van der Waals surface area contributed by atoms with Gasteiger partial charge in [0.2, 0.25) is 21.8 Å². The van der Waals surface area contributed by atoms with Crippen molar-refractivity contribution in [3.63, 3.8) is 0 Å². The number of nitrogens with zero attached hydrogens (tertiary/aromatic N) is 3. The Bertz CT molecular complexity index is 1420. The molecule has 1 N–H and O–H groups in total. The molecule has 1 aliphatic rings. The van der Waals surface area contributed by atoms with Crippen molar-refractivity contribution in [1.29, 1.82) is 0 Å². The number of ether oxygens (including phenoxy) is 2. The lowest BCUT2D eigenvalue weighted by molar-refractivity contribution is -0.141. The molecule has 1 fully saturated rings. The molecule has 1 atom stereocenters. The van der Waals surface area contributed by atoms with Crippen LogP contribution in [0.15, 0.2) is 84.9 Å². The Morgan fingerprint density at radius 3 is 2.12 bits per heavy atom. The van der Waals surface area contributed by atoms with Crippen molar-refractivity contribution in [2.75, 3.05) is 59.3 Å². The van der Waals surface area contributed by atoms with Crippen molar-refractivity contribution in [3.05, 3.63) is 102 Å². The summed E-state index contributed by atoms with van der Waals surface area (Å²) in [5.74, 6) is -0.169. The van der Waals surface area contributed by atoms with E-state index >= 15 is 0 Å². The molecule has 4 rings (SSSR count). The van der Waals surface area contributed by atoms with Crippen molar-refractivity contribution in [1.82, 2.24) is 19.4 Å². The highest BCUT2D eigenvalue weighted by atomic mass is 32.2. The van der Waals surface area contributed by atoms with E-state index in [9.17, 15) is 18.0 Å². The van der Waals surface area contributed by atoms with Crippen molar-refractivity contribution >= 4 is 21.8 Å². The van der Waals surface area contributed by atoms with E-state index in [4.69, 9.17) is 9.47 Å². The van der Waals surface area contributed by atoms with Gasteiger partial charge in [0.25, 0.3) is 0 Å². The highest BCUT2D eigenvalue weighted by Gasteiger charge is 2.33. The summed E-state index contributed by atoms with van der Waals surface area (Å²) in [6.45, 7) is 3.65. The summed E-state index contributed by atoms with van der Waals surface area (Å²) in [5.41, 5.74) is 2.15. The monoisotopic (exact) mass is 608 g/mol. The molecule has 1 saturated heterocycles. The number of rotatable bonds is 14. The Labute approximate surface area is 254 Å². The van der Waals surface area contributed by atoms with E-state index in [2.05, 4.69) is 10.2 Å². The number of benzene rings is 3. The van der Waals surface area contributed by atoms with Gasteiger partial charge in [-0.1, -0.05) is 72.8 Å². The second-order valence-electron chi connectivity index (χ2n) is 10.4. The second-order valence-corrected chi connectivity index (χ2v) is 12.4. The van der Waals surface area contributed by atoms with Crippen LogP contribution in [-0.2, 0) is 37.4 Å². The van der Waals surface area contributed by atoms with Crippen LogP contribution in [-0.4, -0.2) is 93.6 Å². The summed E-state index contributed by atoms with van der Waals surface area (Å²) in [5, 5.41) is 3.02. The van der Waals surface area contributed by atoms with Crippen LogP contribution in [0.25, 0.3) is 0 Å². The summed E-state index contributed by atoms with van der Waals surface area (Å²) in [6.07, 6.45) is 1.09. The number of methoxy groups -OCH3 is 1. The number of nitrogens with one attached hydrogen (secondary N) is 1. The first-order valence-electron chi connectivity index (χ1n) is 14.3. The van der Waals surface area contributed by atoms with E-state index in [0.717, 1.165) is 34.8 Å². The van der Waals surface area contributed by atoms with E-state index in [-0.39, 0.29) is 19.0 Å². The third-order valence-electron chi connectivity index (χ3n) is 7.32. The predicted molar refractivity (Wildman–Crippen MR) is 165 cm³/mol.